The Hall–Kier alpha value is -2.61. The van der Waals surface area contributed by atoms with Crippen molar-refractivity contribution < 1.29 is 17.9 Å². The van der Waals surface area contributed by atoms with Gasteiger partial charge < -0.3 is 4.74 Å². The topological polar surface area (TPSA) is 81.5 Å². The van der Waals surface area contributed by atoms with Crippen molar-refractivity contribution in [3.8, 4) is 12.4 Å². The number of allylic oxidation sites excluding steroid dienone is 3. The summed E-state index contributed by atoms with van der Waals surface area (Å²) in [7, 11) is 1.20. The Bertz CT molecular complexity index is 555. The molecule has 1 aliphatic carbocycles. The van der Waals surface area contributed by atoms with E-state index in [1.165, 1.54) is 19.5 Å². The van der Waals surface area contributed by atoms with Gasteiger partial charge >= 0.3 is 6.18 Å². The molecule has 0 radical (unpaired) electrons. The molecule has 0 unspecified atom stereocenters. The first-order chi connectivity index (χ1) is 8.43. The standard InChI is InChI=1S/C10H5F3N4O/c1-18-9-3-7(16-4-14)6(10(11,12)13)2-8(9)17-5-15/h2-3H,1H3. The molecule has 0 fully saturated rings. The monoisotopic (exact) mass is 254 g/mol. The lowest BCUT2D eigenvalue weighted by atomic mass is 10.0. The molecule has 5 nitrogen and oxygen atoms in total. The average molecular weight is 254 g/mol. The molecule has 92 valence electrons. The maximum Gasteiger partial charge on any atom is 0.418 e. The fraction of sp³-hybridized carbons (Fsp3) is 0.200. The van der Waals surface area contributed by atoms with Crippen LogP contribution in [0.5, 0.6) is 0 Å². The van der Waals surface area contributed by atoms with Crippen molar-refractivity contribution >= 4 is 11.4 Å². The van der Waals surface area contributed by atoms with Gasteiger partial charge in [0.2, 0.25) is 12.4 Å². The van der Waals surface area contributed by atoms with Gasteiger partial charge in [-0.3, -0.25) is 0 Å². The Morgan fingerprint density at radius 3 is 2.11 bits per heavy atom. The Morgan fingerprint density at radius 1 is 1.11 bits per heavy atom. The predicted octanol–water partition coefficient (Wildman–Crippen LogP) is 1.86. The minimum atomic E-state index is -4.71. The molecule has 0 aromatic rings. The van der Waals surface area contributed by atoms with E-state index < -0.39 is 17.5 Å². The lowest BCUT2D eigenvalue weighted by Gasteiger charge is -2.17. The van der Waals surface area contributed by atoms with Crippen LogP contribution >= 0.6 is 0 Å². The molecular weight excluding hydrogens is 249 g/mol. The molecule has 0 saturated carbocycles. The first kappa shape index (κ1) is 13.5. The number of methoxy groups -OCH3 is 1. The molecule has 0 aromatic heterocycles. The maximum atomic E-state index is 12.7. The van der Waals surface area contributed by atoms with E-state index in [-0.39, 0.29) is 11.5 Å². The molecule has 0 atom stereocenters. The summed E-state index contributed by atoms with van der Waals surface area (Å²) in [6, 6.07) is 0. The number of hydrogen-bond donors (Lipinski definition) is 0. The van der Waals surface area contributed by atoms with Crippen LogP contribution in [0.25, 0.3) is 0 Å². The summed E-state index contributed by atoms with van der Waals surface area (Å²) < 4.78 is 42.8. The molecule has 0 spiro atoms. The van der Waals surface area contributed by atoms with Gasteiger partial charge in [0.25, 0.3) is 0 Å². The van der Waals surface area contributed by atoms with Crippen molar-refractivity contribution in [1.29, 1.82) is 10.5 Å². The molecule has 0 N–H and O–H groups in total. The fourth-order valence-electron chi connectivity index (χ4n) is 1.24. The van der Waals surface area contributed by atoms with Crippen LogP contribution in [-0.2, 0) is 4.74 Å². The second-order valence-electron chi connectivity index (χ2n) is 2.96. The number of hydrogen-bond acceptors (Lipinski definition) is 5. The van der Waals surface area contributed by atoms with Gasteiger partial charge in [0.05, 0.1) is 18.4 Å². The van der Waals surface area contributed by atoms with E-state index in [2.05, 4.69) is 9.98 Å². The van der Waals surface area contributed by atoms with Crippen LogP contribution in [0.2, 0.25) is 0 Å². The van der Waals surface area contributed by atoms with E-state index >= 15 is 0 Å². The normalized spacial score (nSPS) is 19.9. The lowest BCUT2D eigenvalue weighted by Crippen LogP contribution is -2.25. The smallest absolute Gasteiger partial charge is 0.418 e. The van der Waals surface area contributed by atoms with Crippen molar-refractivity contribution in [2.75, 3.05) is 7.11 Å². The zero-order valence-electron chi connectivity index (χ0n) is 8.99. The van der Waals surface area contributed by atoms with Gasteiger partial charge in [0.1, 0.15) is 11.5 Å². The van der Waals surface area contributed by atoms with Crippen LogP contribution in [0.1, 0.15) is 0 Å². The summed E-state index contributed by atoms with van der Waals surface area (Å²) in [5.41, 5.74) is -2.01. The summed E-state index contributed by atoms with van der Waals surface area (Å²) in [5, 5.41) is 16.7. The fourth-order valence-corrected chi connectivity index (χ4v) is 1.24. The highest BCUT2D eigenvalue weighted by Gasteiger charge is 2.39. The Labute approximate surface area is 99.8 Å². The van der Waals surface area contributed by atoms with E-state index in [4.69, 9.17) is 15.3 Å². The van der Waals surface area contributed by atoms with Crippen LogP contribution in [0, 0.1) is 22.9 Å². The summed E-state index contributed by atoms with van der Waals surface area (Å²) in [6.45, 7) is 0. The molecule has 0 aromatic carbocycles. The minimum absolute atomic E-state index is 0.0708. The van der Waals surface area contributed by atoms with Crippen LogP contribution in [0.15, 0.2) is 33.5 Å². The van der Waals surface area contributed by atoms with Gasteiger partial charge in [-0.2, -0.15) is 33.7 Å². The average Bonchev–Trinajstić information content (AvgIpc) is 2.29. The molecule has 0 aliphatic heterocycles. The predicted molar refractivity (Wildman–Crippen MR) is 55.3 cm³/mol. The van der Waals surface area contributed by atoms with E-state index in [0.717, 1.165) is 6.08 Å². The minimum Gasteiger partial charge on any atom is -0.494 e. The van der Waals surface area contributed by atoms with Gasteiger partial charge in [-0.05, 0) is 6.08 Å². The summed E-state index contributed by atoms with van der Waals surface area (Å²) in [6.07, 6.45) is -0.548. The Kier molecular flexibility index (Phi) is 3.85. The van der Waals surface area contributed by atoms with Crippen LogP contribution < -0.4 is 0 Å². The van der Waals surface area contributed by atoms with Crippen molar-refractivity contribution in [2.45, 2.75) is 6.18 Å². The lowest BCUT2D eigenvalue weighted by molar-refractivity contribution is -0.0859. The summed E-state index contributed by atoms with van der Waals surface area (Å²) >= 11 is 0. The number of alkyl halides is 3. The van der Waals surface area contributed by atoms with Crippen LogP contribution in [0.3, 0.4) is 0 Å². The zero-order valence-corrected chi connectivity index (χ0v) is 8.99. The third-order valence-corrected chi connectivity index (χ3v) is 1.94. The molecule has 1 rings (SSSR count). The number of rotatable bonds is 1. The van der Waals surface area contributed by atoms with Gasteiger partial charge in [-0.25, -0.2) is 0 Å². The largest absolute Gasteiger partial charge is 0.494 e. The number of aliphatic imine (C=N–C) groups is 2. The Balaban J connectivity index is 3.42. The molecular formula is C10H5F3N4O. The quantitative estimate of drug-likeness (QED) is 0.529. The van der Waals surface area contributed by atoms with Gasteiger partial charge in [-0.1, -0.05) is 0 Å². The van der Waals surface area contributed by atoms with Crippen LogP contribution in [0.4, 0.5) is 13.2 Å². The second-order valence-corrected chi connectivity index (χ2v) is 2.96. The first-order valence-corrected chi connectivity index (χ1v) is 4.43. The first-order valence-electron chi connectivity index (χ1n) is 4.43. The molecule has 0 amide bonds. The van der Waals surface area contributed by atoms with E-state index in [1.807, 2.05) is 0 Å². The molecule has 18 heavy (non-hydrogen) atoms. The van der Waals surface area contributed by atoms with Crippen molar-refractivity contribution in [3.63, 3.8) is 0 Å². The SMILES string of the molecule is COC1=CC(=NC#N)C(C(F)(F)F)=CC1=NC#N. The van der Waals surface area contributed by atoms with Gasteiger partial charge in [0.15, 0.2) is 0 Å². The number of halogens is 3. The van der Waals surface area contributed by atoms with Crippen LogP contribution in [-0.4, -0.2) is 24.7 Å². The molecule has 0 saturated heterocycles. The van der Waals surface area contributed by atoms with Crippen molar-refractivity contribution in [1.82, 2.24) is 0 Å². The molecule has 1 aliphatic rings. The maximum absolute atomic E-state index is 12.7. The molecule has 0 heterocycles. The molecule has 0 bridgehead atoms. The van der Waals surface area contributed by atoms with Crippen molar-refractivity contribution in [3.05, 3.63) is 23.5 Å². The highest BCUT2D eigenvalue weighted by atomic mass is 19.4. The van der Waals surface area contributed by atoms with Gasteiger partial charge in [-0.15, -0.1) is 0 Å². The second kappa shape index (κ2) is 5.15. The Morgan fingerprint density at radius 2 is 1.67 bits per heavy atom. The molecule has 8 heteroatoms. The van der Waals surface area contributed by atoms with E-state index in [0.29, 0.717) is 6.08 Å². The van der Waals surface area contributed by atoms with Gasteiger partial charge in [0, 0.05) is 6.08 Å². The summed E-state index contributed by atoms with van der Waals surface area (Å²) in [4.78, 5) is 6.27. The summed E-state index contributed by atoms with van der Waals surface area (Å²) in [5.74, 6) is -0.0708. The number of ether oxygens (including phenoxy) is 1. The zero-order chi connectivity index (χ0) is 13.8. The van der Waals surface area contributed by atoms with E-state index in [9.17, 15) is 13.2 Å². The third-order valence-electron chi connectivity index (χ3n) is 1.94. The third kappa shape index (κ3) is 2.74. The van der Waals surface area contributed by atoms with Crippen molar-refractivity contribution in [2.24, 2.45) is 9.98 Å². The van der Waals surface area contributed by atoms with E-state index in [1.54, 1.807) is 0 Å². The number of nitrogens with zero attached hydrogens (tertiary/aromatic N) is 4. The highest BCUT2D eigenvalue weighted by Crippen LogP contribution is 2.30. The number of nitriles is 2. The highest BCUT2D eigenvalue weighted by molar-refractivity contribution is 6.23.